The van der Waals surface area contributed by atoms with E-state index in [4.69, 9.17) is 4.74 Å². The minimum Gasteiger partial charge on any atom is -0.496 e. The van der Waals surface area contributed by atoms with Gasteiger partial charge in [-0.05, 0) is 66.3 Å². The molecule has 0 aliphatic heterocycles. The van der Waals surface area contributed by atoms with Crippen LogP contribution in [0.15, 0.2) is 47.6 Å². The minimum absolute atomic E-state index is 0.212. The Labute approximate surface area is 155 Å². The van der Waals surface area contributed by atoms with Crippen LogP contribution >= 0.6 is 0 Å². The van der Waals surface area contributed by atoms with E-state index in [-0.39, 0.29) is 11.0 Å². The van der Waals surface area contributed by atoms with E-state index in [1.54, 1.807) is 19.2 Å². The summed E-state index contributed by atoms with van der Waals surface area (Å²) in [6.45, 7) is 6.86. The number of hydrogen-bond acceptors (Lipinski definition) is 2. The number of benzene rings is 2. The van der Waals surface area contributed by atoms with Crippen molar-refractivity contribution in [3.05, 3.63) is 58.7 Å². The van der Waals surface area contributed by atoms with Crippen LogP contribution in [0.5, 0.6) is 5.75 Å². The Bertz CT molecular complexity index is 916. The number of carbonyl (C=O) groups is 1. The van der Waals surface area contributed by atoms with Crippen molar-refractivity contribution in [1.82, 2.24) is 0 Å². The Kier molecular flexibility index (Phi) is 4.90. The maximum absolute atomic E-state index is 11.3. The van der Waals surface area contributed by atoms with Crippen molar-refractivity contribution in [2.45, 2.75) is 40.0 Å². The number of rotatable bonds is 4. The van der Waals surface area contributed by atoms with E-state index < -0.39 is 5.97 Å². The summed E-state index contributed by atoms with van der Waals surface area (Å²) < 4.78 is 5.42. The molecule has 1 aliphatic carbocycles. The predicted octanol–water partition coefficient (Wildman–Crippen LogP) is 6.09. The zero-order valence-electron chi connectivity index (χ0n) is 15.9. The van der Waals surface area contributed by atoms with Crippen LogP contribution in [0.1, 0.15) is 56.0 Å². The maximum Gasteiger partial charge on any atom is 0.335 e. The number of carboxylic acids is 1. The zero-order valence-corrected chi connectivity index (χ0v) is 15.9. The fourth-order valence-corrected chi connectivity index (χ4v) is 3.93. The Morgan fingerprint density at radius 2 is 1.96 bits per heavy atom. The van der Waals surface area contributed by atoms with Crippen molar-refractivity contribution in [2.24, 2.45) is 5.41 Å². The molecule has 3 nitrogen and oxygen atoms in total. The largest absolute Gasteiger partial charge is 0.496 e. The van der Waals surface area contributed by atoms with Gasteiger partial charge in [-0.15, -0.1) is 0 Å². The molecular weight excluding hydrogens is 324 g/mol. The second-order valence-corrected chi connectivity index (χ2v) is 7.73. The molecule has 3 rings (SSSR count). The molecule has 2 aromatic rings. The van der Waals surface area contributed by atoms with Crippen LogP contribution in [0.2, 0.25) is 0 Å². The Hall–Kier alpha value is -2.55. The topological polar surface area (TPSA) is 46.5 Å². The average molecular weight is 350 g/mol. The normalized spacial score (nSPS) is 17.1. The first-order valence-electron chi connectivity index (χ1n) is 9.05. The second kappa shape index (κ2) is 6.99. The van der Waals surface area contributed by atoms with Crippen LogP contribution in [0.25, 0.3) is 16.8 Å². The molecule has 3 heteroatoms. The quantitative estimate of drug-likeness (QED) is 0.726. The highest BCUT2D eigenvalue weighted by molar-refractivity contribution is 5.98. The van der Waals surface area contributed by atoms with Crippen LogP contribution in [0.3, 0.4) is 0 Å². The maximum atomic E-state index is 11.3. The zero-order chi connectivity index (χ0) is 18.9. The molecule has 0 spiro atoms. The Morgan fingerprint density at radius 1 is 1.19 bits per heavy atom. The van der Waals surface area contributed by atoms with Gasteiger partial charge in [0.05, 0.1) is 12.7 Å². The first-order chi connectivity index (χ1) is 12.3. The van der Waals surface area contributed by atoms with Crippen LogP contribution in [0, 0.1) is 5.41 Å². The van der Waals surface area contributed by atoms with Crippen molar-refractivity contribution in [2.75, 3.05) is 7.11 Å². The lowest BCUT2D eigenvalue weighted by Gasteiger charge is -2.32. The number of hydrogen-bond donors (Lipinski definition) is 1. The third kappa shape index (κ3) is 3.52. The minimum atomic E-state index is -0.948. The van der Waals surface area contributed by atoms with Gasteiger partial charge in [0.1, 0.15) is 5.75 Å². The third-order valence-electron chi connectivity index (χ3n) is 5.39. The summed E-state index contributed by atoms with van der Waals surface area (Å²) in [4.78, 5) is 11.3. The van der Waals surface area contributed by atoms with Crippen molar-refractivity contribution < 1.29 is 14.6 Å². The van der Waals surface area contributed by atoms with Gasteiger partial charge >= 0.3 is 5.97 Å². The van der Waals surface area contributed by atoms with Crippen molar-refractivity contribution >= 4 is 22.8 Å². The van der Waals surface area contributed by atoms with Gasteiger partial charge in [-0.1, -0.05) is 43.7 Å². The van der Waals surface area contributed by atoms with E-state index in [1.165, 1.54) is 30.4 Å². The van der Waals surface area contributed by atoms with Crippen molar-refractivity contribution in [3.8, 4) is 5.75 Å². The number of allylic oxidation sites excluding steroid dienone is 3. The average Bonchev–Trinajstić information content (AvgIpc) is 2.59. The molecule has 1 N–H and O–H groups in total. The first-order valence-corrected chi connectivity index (χ1v) is 9.05. The molecule has 0 heterocycles. The molecule has 0 radical (unpaired) electrons. The molecule has 0 aromatic heterocycles. The summed E-state index contributed by atoms with van der Waals surface area (Å²) in [6, 6.07) is 9.30. The highest BCUT2D eigenvalue weighted by Gasteiger charge is 2.26. The molecule has 1 aliphatic rings. The van der Waals surface area contributed by atoms with Gasteiger partial charge in [-0.25, -0.2) is 4.79 Å². The van der Waals surface area contributed by atoms with E-state index in [9.17, 15) is 9.90 Å². The Balaban J connectivity index is 2.02. The summed E-state index contributed by atoms with van der Waals surface area (Å²) in [7, 11) is 1.57. The number of aromatic carboxylic acids is 1. The van der Waals surface area contributed by atoms with Gasteiger partial charge in [0.25, 0.3) is 0 Å². The van der Waals surface area contributed by atoms with E-state index in [1.807, 2.05) is 12.1 Å². The number of ether oxygens (including phenoxy) is 1. The Morgan fingerprint density at radius 3 is 2.62 bits per heavy atom. The molecule has 26 heavy (non-hydrogen) atoms. The molecule has 0 saturated heterocycles. The lowest BCUT2D eigenvalue weighted by Crippen LogP contribution is -2.18. The molecule has 0 unspecified atom stereocenters. The lowest BCUT2D eigenvalue weighted by molar-refractivity contribution is 0.0696. The van der Waals surface area contributed by atoms with Crippen LogP contribution < -0.4 is 4.74 Å². The molecule has 0 saturated carbocycles. The third-order valence-corrected chi connectivity index (χ3v) is 5.39. The highest BCUT2D eigenvalue weighted by atomic mass is 16.5. The van der Waals surface area contributed by atoms with Gasteiger partial charge in [0, 0.05) is 5.39 Å². The van der Waals surface area contributed by atoms with E-state index >= 15 is 0 Å². The van der Waals surface area contributed by atoms with Gasteiger partial charge in [0.2, 0.25) is 0 Å². The van der Waals surface area contributed by atoms with Crippen molar-refractivity contribution in [1.29, 1.82) is 0 Å². The predicted molar refractivity (Wildman–Crippen MR) is 107 cm³/mol. The van der Waals surface area contributed by atoms with Gasteiger partial charge < -0.3 is 9.84 Å². The summed E-state index contributed by atoms with van der Waals surface area (Å²) in [5, 5.41) is 11.0. The smallest absolute Gasteiger partial charge is 0.335 e. The SMILES string of the molecule is COc1cc(C(=O)O)cc2ccc(/C=C/C3=C(C)CCCC3(C)C)cc12. The fraction of sp³-hybridized carbons (Fsp3) is 0.348. The standard InChI is InChI=1S/C23H26O3/c1-15-6-5-11-23(2,3)20(15)10-8-16-7-9-17-13-18(22(24)25)14-21(26-4)19(17)12-16/h7-10,12-14H,5-6,11H2,1-4H3,(H,24,25)/b10-8+. The molecule has 0 fully saturated rings. The van der Waals surface area contributed by atoms with Gasteiger partial charge in [0.15, 0.2) is 0 Å². The molecule has 0 bridgehead atoms. The highest BCUT2D eigenvalue weighted by Crippen LogP contribution is 2.41. The number of fused-ring (bicyclic) bond motifs is 1. The van der Waals surface area contributed by atoms with E-state index in [2.05, 4.69) is 39.0 Å². The van der Waals surface area contributed by atoms with Gasteiger partial charge in [-0.2, -0.15) is 0 Å². The fourth-order valence-electron chi connectivity index (χ4n) is 3.93. The van der Waals surface area contributed by atoms with Crippen molar-refractivity contribution in [3.63, 3.8) is 0 Å². The summed E-state index contributed by atoms with van der Waals surface area (Å²) >= 11 is 0. The summed E-state index contributed by atoms with van der Waals surface area (Å²) in [5.41, 5.74) is 4.44. The second-order valence-electron chi connectivity index (χ2n) is 7.73. The molecule has 136 valence electrons. The number of methoxy groups -OCH3 is 1. The number of carboxylic acid groups (broad SMARTS) is 1. The molecule has 0 amide bonds. The van der Waals surface area contributed by atoms with Crippen LogP contribution in [0.4, 0.5) is 0 Å². The lowest BCUT2D eigenvalue weighted by atomic mass is 9.72. The molecular formula is C23H26O3. The monoisotopic (exact) mass is 350 g/mol. The summed E-state index contributed by atoms with van der Waals surface area (Å²) in [5.74, 6) is -0.361. The molecule has 2 aromatic carbocycles. The summed E-state index contributed by atoms with van der Waals surface area (Å²) in [6.07, 6.45) is 8.04. The van der Waals surface area contributed by atoms with Gasteiger partial charge in [-0.3, -0.25) is 0 Å². The molecule has 0 atom stereocenters. The van der Waals surface area contributed by atoms with Crippen LogP contribution in [-0.4, -0.2) is 18.2 Å². The van der Waals surface area contributed by atoms with E-state index in [0.29, 0.717) is 5.75 Å². The first kappa shape index (κ1) is 18.2. The van der Waals surface area contributed by atoms with Crippen LogP contribution in [-0.2, 0) is 0 Å². The van der Waals surface area contributed by atoms with E-state index in [0.717, 1.165) is 16.3 Å².